The van der Waals surface area contributed by atoms with Crippen LogP contribution < -0.4 is 10.2 Å². The largest absolute Gasteiger partial charge is 0.356 e. The van der Waals surface area contributed by atoms with Crippen LogP contribution in [-0.4, -0.2) is 35.7 Å². The molecule has 0 aliphatic carbocycles. The molecule has 1 aromatic carbocycles. The third-order valence-electron chi connectivity index (χ3n) is 4.41. The van der Waals surface area contributed by atoms with Gasteiger partial charge in [0.25, 0.3) is 0 Å². The van der Waals surface area contributed by atoms with Gasteiger partial charge in [0.15, 0.2) is 0 Å². The summed E-state index contributed by atoms with van der Waals surface area (Å²) in [4.78, 5) is 14.3. The topological polar surface area (TPSA) is 58.1 Å². The lowest BCUT2D eigenvalue weighted by molar-refractivity contribution is -0.125. The monoisotopic (exact) mass is 362 g/mol. The van der Waals surface area contributed by atoms with Crippen molar-refractivity contribution in [2.75, 3.05) is 24.5 Å². The van der Waals surface area contributed by atoms with E-state index in [0.29, 0.717) is 6.42 Å². The number of benzene rings is 1. The average Bonchev–Trinajstić information content (AvgIpc) is 3.10. The maximum absolute atomic E-state index is 13.0. The molecular weight excluding hydrogens is 339 g/mol. The van der Waals surface area contributed by atoms with Gasteiger partial charge in [-0.05, 0) is 37.0 Å². The van der Waals surface area contributed by atoms with Gasteiger partial charge >= 0.3 is 0 Å². The fraction of sp³-hybridized carbons (Fsp3) is 0.500. The lowest BCUT2D eigenvalue weighted by Gasteiger charge is -2.30. The van der Waals surface area contributed by atoms with E-state index in [1.54, 1.807) is 23.5 Å². The molecule has 0 radical (unpaired) electrons. The second kappa shape index (κ2) is 8.38. The van der Waals surface area contributed by atoms with Gasteiger partial charge in [0.2, 0.25) is 11.0 Å². The molecule has 0 saturated carbocycles. The average molecular weight is 362 g/mol. The molecule has 1 saturated heterocycles. The molecule has 1 amide bonds. The van der Waals surface area contributed by atoms with Gasteiger partial charge in [-0.3, -0.25) is 4.79 Å². The summed E-state index contributed by atoms with van der Waals surface area (Å²) >= 11 is 1.57. The summed E-state index contributed by atoms with van der Waals surface area (Å²) in [7, 11) is 0. The first-order valence-electron chi connectivity index (χ1n) is 8.75. The minimum Gasteiger partial charge on any atom is -0.356 e. The SMILES string of the molecule is CCCNC(=O)C1CCN(c2nnc(Cc3ccc(F)cc3)s2)CC1. The Morgan fingerprint density at radius 2 is 2.00 bits per heavy atom. The Hall–Kier alpha value is -2.02. The number of amides is 1. The van der Waals surface area contributed by atoms with Crippen molar-refractivity contribution in [2.24, 2.45) is 5.92 Å². The highest BCUT2D eigenvalue weighted by Gasteiger charge is 2.26. The van der Waals surface area contributed by atoms with Crippen molar-refractivity contribution in [3.8, 4) is 0 Å². The van der Waals surface area contributed by atoms with Crippen LogP contribution >= 0.6 is 11.3 Å². The summed E-state index contributed by atoms with van der Waals surface area (Å²) in [6.07, 6.45) is 3.32. The molecule has 1 fully saturated rings. The number of nitrogens with zero attached hydrogens (tertiary/aromatic N) is 3. The zero-order valence-electron chi connectivity index (χ0n) is 14.4. The Morgan fingerprint density at radius 3 is 2.68 bits per heavy atom. The number of halogens is 1. The van der Waals surface area contributed by atoms with E-state index in [-0.39, 0.29) is 17.6 Å². The summed E-state index contributed by atoms with van der Waals surface area (Å²) in [5.41, 5.74) is 1.02. The van der Waals surface area contributed by atoms with E-state index in [4.69, 9.17) is 0 Å². The molecule has 25 heavy (non-hydrogen) atoms. The second-order valence-electron chi connectivity index (χ2n) is 6.33. The van der Waals surface area contributed by atoms with Gasteiger partial charge in [0.05, 0.1) is 0 Å². The molecule has 3 rings (SSSR count). The van der Waals surface area contributed by atoms with Crippen molar-refractivity contribution in [2.45, 2.75) is 32.6 Å². The van der Waals surface area contributed by atoms with Gasteiger partial charge in [0.1, 0.15) is 10.8 Å². The third-order valence-corrected chi connectivity index (χ3v) is 5.39. The summed E-state index contributed by atoms with van der Waals surface area (Å²) in [6.45, 7) is 4.47. The van der Waals surface area contributed by atoms with Crippen LogP contribution in [0.15, 0.2) is 24.3 Å². The van der Waals surface area contributed by atoms with Crippen LogP contribution in [0.3, 0.4) is 0 Å². The predicted octanol–water partition coefficient (Wildman–Crippen LogP) is 3.01. The molecule has 1 aliphatic heterocycles. The maximum Gasteiger partial charge on any atom is 0.223 e. The first-order chi connectivity index (χ1) is 12.2. The van der Waals surface area contributed by atoms with E-state index in [0.717, 1.165) is 54.6 Å². The van der Waals surface area contributed by atoms with Crippen molar-refractivity contribution >= 4 is 22.4 Å². The Bertz CT molecular complexity index is 695. The number of piperidine rings is 1. The van der Waals surface area contributed by atoms with Crippen molar-refractivity contribution in [1.29, 1.82) is 0 Å². The fourth-order valence-corrected chi connectivity index (χ4v) is 3.87. The highest BCUT2D eigenvalue weighted by molar-refractivity contribution is 7.15. The number of rotatable bonds is 6. The van der Waals surface area contributed by atoms with E-state index < -0.39 is 0 Å². The first-order valence-corrected chi connectivity index (χ1v) is 9.57. The molecule has 7 heteroatoms. The molecule has 1 N–H and O–H groups in total. The highest BCUT2D eigenvalue weighted by atomic mass is 32.1. The zero-order chi connectivity index (χ0) is 17.6. The van der Waals surface area contributed by atoms with Crippen LogP contribution in [0.5, 0.6) is 0 Å². The summed E-state index contributed by atoms with van der Waals surface area (Å²) in [5.74, 6) is 0.0534. The molecule has 1 aliphatic rings. The normalized spacial score (nSPS) is 15.4. The van der Waals surface area contributed by atoms with E-state index in [1.165, 1.54) is 12.1 Å². The van der Waals surface area contributed by atoms with Gasteiger partial charge in [-0.2, -0.15) is 0 Å². The van der Waals surface area contributed by atoms with Crippen molar-refractivity contribution in [1.82, 2.24) is 15.5 Å². The number of carbonyl (C=O) groups excluding carboxylic acids is 1. The smallest absolute Gasteiger partial charge is 0.223 e. The lowest BCUT2D eigenvalue weighted by Crippen LogP contribution is -2.40. The van der Waals surface area contributed by atoms with Crippen LogP contribution in [0.25, 0.3) is 0 Å². The number of anilines is 1. The molecule has 0 spiro atoms. The Kier molecular flexibility index (Phi) is 5.96. The third kappa shape index (κ3) is 4.75. The van der Waals surface area contributed by atoms with Crippen molar-refractivity contribution in [3.63, 3.8) is 0 Å². The summed E-state index contributed by atoms with van der Waals surface area (Å²) in [5, 5.41) is 13.4. The standard InChI is InChI=1S/C18H23FN4OS/c1-2-9-20-17(24)14-7-10-23(11-8-14)18-22-21-16(25-18)12-13-3-5-15(19)6-4-13/h3-6,14H,2,7-12H2,1H3,(H,20,24). The summed E-state index contributed by atoms with van der Waals surface area (Å²) < 4.78 is 13.0. The minimum atomic E-state index is -0.229. The van der Waals surface area contributed by atoms with Crippen LogP contribution in [-0.2, 0) is 11.2 Å². The number of hydrogen-bond acceptors (Lipinski definition) is 5. The Labute approximate surface area is 151 Å². The molecule has 134 valence electrons. The highest BCUT2D eigenvalue weighted by Crippen LogP contribution is 2.27. The van der Waals surface area contributed by atoms with Gasteiger partial charge < -0.3 is 10.2 Å². The molecule has 5 nitrogen and oxygen atoms in total. The molecule has 0 atom stereocenters. The predicted molar refractivity (Wildman–Crippen MR) is 97.4 cm³/mol. The number of hydrogen-bond donors (Lipinski definition) is 1. The first kappa shape index (κ1) is 17.8. The van der Waals surface area contributed by atoms with Gasteiger partial charge in [-0.25, -0.2) is 4.39 Å². The quantitative estimate of drug-likeness (QED) is 0.858. The van der Waals surface area contributed by atoms with Crippen LogP contribution in [0.4, 0.5) is 9.52 Å². The molecule has 2 aromatic rings. The van der Waals surface area contributed by atoms with Crippen LogP contribution in [0.2, 0.25) is 0 Å². The van der Waals surface area contributed by atoms with Gasteiger partial charge in [0, 0.05) is 32.0 Å². The van der Waals surface area contributed by atoms with E-state index >= 15 is 0 Å². The Balaban J connectivity index is 1.53. The second-order valence-corrected chi connectivity index (χ2v) is 7.37. The van der Waals surface area contributed by atoms with E-state index in [2.05, 4.69) is 27.3 Å². The summed E-state index contributed by atoms with van der Waals surface area (Å²) in [6, 6.07) is 6.48. The lowest BCUT2D eigenvalue weighted by atomic mass is 9.96. The van der Waals surface area contributed by atoms with Gasteiger partial charge in [-0.15, -0.1) is 10.2 Å². The maximum atomic E-state index is 13.0. The molecule has 0 bridgehead atoms. The van der Waals surface area contributed by atoms with E-state index in [1.807, 2.05) is 0 Å². The fourth-order valence-electron chi connectivity index (χ4n) is 2.95. The van der Waals surface area contributed by atoms with Crippen molar-refractivity contribution in [3.05, 3.63) is 40.7 Å². The van der Waals surface area contributed by atoms with E-state index in [9.17, 15) is 9.18 Å². The number of aromatic nitrogens is 2. The number of carbonyl (C=O) groups is 1. The van der Waals surface area contributed by atoms with Crippen LogP contribution in [0.1, 0.15) is 36.8 Å². The number of nitrogens with one attached hydrogen (secondary N) is 1. The van der Waals surface area contributed by atoms with Crippen LogP contribution in [0, 0.1) is 11.7 Å². The molecular formula is C18H23FN4OS. The molecule has 0 unspecified atom stereocenters. The van der Waals surface area contributed by atoms with Crippen molar-refractivity contribution < 1.29 is 9.18 Å². The zero-order valence-corrected chi connectivity index (χ0v) is 15.2. The van der Waals surface area contributed by atoms with Gasteiger partial charge in [-0.1, -0.05) is 30.4 Å². The minimum absolute atomic E-state index is 0.106. The Morgan fingerprint density at radius 1 is 1.28 bits per heavy atom. The molecule has 1 aromatic heterocycles. The molecule has 2 heterocycles.